The molecule has 10 aromatic rings. The zero-order valence-electron chi connectivity index (χ0n) is 54.6. The molecule has 0 aromatic heterocycles. The van der Waals surface area contributed by atoms with Crippen LogP contribution in [0.4, 0.5) is 26.3 Å². The number of Topliss-reactive ketones (excluding diaryl/α,β-unsaturated/α-hetero) is 1. The van der Waals surface area contributed by atoms with Gasteiger partial charge in [-0.05, 0) is 93.7 Å². The van der Waals surface area contributed by atoms with Crippen LogP contribution >= 0.6 is 11.6 Å². The van der Waals surface area contributed by atoms with Gasteiger partial charge in [-0.15, -0.1) is 11.6 Å². The number of carbonyl (C=O) groups is 4. The maximum Gasteiger partial charge on any atom is 0.416 e. The van der Waals surface area contributed by atoms with Gasteiger partial charge < -0.3 is 14.7 Å². The van der Waals surface area contributed by atoms with Gasteiger partial charge in [0.25, 0.3) is 5.91 Å². The molecule has 99 heavy (non-hydrogen) atoms. The van der Waals surface area contributed by atoms with Gasteiger partial charge in [-0.3, -0.25) is 29.0 Å². The number of rotatable bonds is 20. The van der Waals surface area contributed by atoms with Crippen LogP contribution in [-0.4, -0.2) is 96.7 Å². The van der Waals surface area contributed by atoms with Crippen LogP contribution < -0.4 is 0 Å². The molecule has 3 heterocycles. The smallest absolute Gasteiger partial charge is 0.322 e. The van der Waals surface area contributed by atoms with Crippen molar-refractivity contribution in [3.8, 4) is 0 Å². The Hall–Kier alpha value is -9.93. The first-order valence-electron chi connectivity index (χ1n) is 33.1. The van der Waals surface area contributed by atoms with Gasteiger partial charge >= 0.3 is 12.4 Å². The molecule has 3 saturated heterocycles. The fourth-order valence-electron chi connectivity index (χ4n) is 14.4. The zero-order chi connectivity index (χ0) is 69.5. The molecule has 2 atom stereocenters. The summed E-state index contributed by atoms with van der Waals surface area (Å²) in [6.45, 7) is 4.19. The molecule has 2 unspecified atom stereocenters. The van der Waals surface area contributed by atoms with E-state index in [1.54, 1.807) is 23.6 Å². The number of nitrogens with zero attached hydrogens (tertiary/aromatic N) is 5. The van der Waals surface area contributed by atoms with E-state index in [9.17, 15) is 35.9 Å². The third-order valence-corrected chi connectivity index (χ3v) is 19.6. The van der Waals surface area contributed by atoms with Crippen LogP contribution in [0.15, 0.2) is 291 Å². The molecule has 3 amide bonds. The highest BCUT2D eigenvalue weighted by atomic mass is 35.5. The Morgan fingerprint density at radius 3 is 1.10 bits per heavy atom. The molecule has 10 aromatic carbocycles. The summed E-state index contributed by atoms with van der Waals surface area (Å²) >= 11 is 6.49. The summed E-state index contributed by atoms with van der Waals surface area (Å²) in [7, 11) is 0. The summed E-state index contributed by atoms with van der Waals surface area (Å²) in [5.74, 6) is -1.30. The van der Waals surface area contributed by atoms with Gasteiger partial charge in [0.2, 0.25) is 11.8 Å². The van der Waals surface area contributed by atoms with Crippen molar-refractivity contribution in [2.45, 2.75) is 92.3 Å². The second-order valence-corrected chi connectivity index (χ2v) is 26.4. The largest absolute Gasteiger partial charge is 0.416 e. The predicted molar refractivity (Wildman–Crippen MR) is 373 cm³/mol. The highest BCUT2D eigenvalue weighted by Crippen LogP contribution is 2.48. The Bertz CT molecular complexity index is 4170. The second kappa shape index (κ2) is 29.6. The zero-order valence-corrected chi connectivity index (χ0v) is 55.4. The van der Waals surface area contributed by atoms with Gasteiger partial charge in [-0.2, -0.15) is 26.3 Å². The van der Waals surface area contributed by atoms with Crippen LogP contribution in [0.1, 0.15) is 111 Å². The van der Waals surface area contributed by atoms with E-state index < -0.39 is 57.9 Å². The van der Waals surface area contributed by atoms with Crippen molar-refractivity contribution in [2.24, 2.45) is 0 Å². The lowest BCUT2D eigenvalue weighted by molar-refractivity contribution is -0.189. The number of hydrogen-bond acceptors (Lipinski definition) is 6. The van der Waals surface area contributed by atoms with Crippen molar-refractivity contribution in [3.63, 3.8) is 0 Å². The lowest BCUT2D eigenvalue weighted by atomic mass is 9.75. The van der Waals surface area contributed by atoms with Gasteiger partial charge in [0, 0.05) is 51.6 Å². The molecule has 0 N–H and O–H groups in total. The molecule has 0 saturated carbocycles. The van der Waals surface area contributed by atoms with E-state index in [1.807, 2.05) is 218 Å². The van der Waals surface area contributed by atoms with Crippen molar-refractivity contribution < 1.29 is 45.5 Å². The number of ketones is 1. The van der Waals surface area contributed by atoms with Gasteiger partial charge in [-0.1, -0.05) is 267 Å². The van der Waals surface area contributed by atoms with E-state index >= 15 is 9.59 Å². The van der Waals surface area contributed by atoms with E-state index in [0.717, 1.165) is 68.8 Å². The Morgan fingerprint density at radius 2 is 0.768 bits per heavy atom. The minimum atomic E-state index is -4.50. The van der Waals surface area contributed by atoms with Crippen LogP contribution in [0.3, 0.4) is 0 Å². The second-order valence-electron chi connectivity index (χ2n) is 25.8. The van der Waals surface area contributed by atoms with E-state index in [2.05, 4.69) is 34.1 Å². The van der Waals surface area contributed by atoms with Crippen LogP contribution in [0, 0.1) is 0 Å². The topological polar surface area (TPSA) is 84.5 Å². The molecule has 0 aliphatic carbocycles. The van der Waals surface area contributed by atoms with Crippen molar-refractivity contribution in [1.29, 1.82) is 0 Å². The van der Waals surface area contributed by atoms with Crippen molar-refractivity contribution in [2.75, 3.05) is 26.2 Å². The molecule has 504 valence electrons. The van der Waals surface area contributed by atoms with Crippen LogP contribution in [0.2, 0.25) is 0 Å². The average molecular weight is 1350 g/mol. The lowest BCUT2D eigenvalue weighted by Gasteiger charge is -2.62. The van der Waals surface area contributed by atoms with E-state index in [4.69, 9.17) is 11.6 Å². The van der Waals surface area contributed by atoms with E-state index in [1.165, 1.54) is 29.2 Å². The molecule has 13 rings (SSSR count). The fourth-order valence-corrected chi connectivity index (χ4v) is 14.5. The number of likely N-dealkylation sites (tertiary alicyclic amines) is 2. The first kappa shape index (κ1) is 69.0. The third-order valence-electron chi connectivity index (χ3n) is 19.4. The molecule has 3 aliphatic rings. The maximum absolute atomic E-state index is 15.3. The Labute approximate surface area is 578 Å². The highest BCUT2D eigenvalue weighted by molar-refractivity contribution is 6.30. The number of halogens is 7. The predicted octanol–water partition coefficient (Wildman–Crippen LogP) is 17.2. The summed E-state index contributed by atoms with van der Waals surface area (Å²) in [6.07, 6.45) is -8.87. The third kappa shape index (κ3) is 14.8. The minimum absolute atomic E-state index is 0.0113. The van der Waals surface area contributed by atoms with Gasteiger partial charge in [0.1, 0.15) is 22.5 Å². The van der Waals surface area contributed by atoms with Crippen molar-refractivity contribution >= 4 is 35.1 Å². The van der Waals surface area contributed by atoms with Crippen LogP contribution in [0.25, 0.3) is 0 Å². The van der Waals surface area contributed by atoms with Crippen LogP contribution in [-0.2, 0) is 44.6 Å². The number of hydrogen-bond donors (Lipinski definition) is 0. The average Bonchev–Trinajstić information content (AvgIpc) is 0.709. The molecule has 9 nitrogen and oxygen atoms in total. The van der Waals surface area contributed by atoms with E-state index in [-0.39, 0.29) is 81.3 Å². The summed E-state index contributed by atoms with van der Waals surface area (Å²) < 4.78 is 80.5. The maximum atomic E-state index is 15.3. The highest BCUT2D eigenvalue weighted by Gasteiger charge is 2.64. The van der Waals surface area contributed by atoms with Gasteiger partial charge in [0.15, 0.2) is 5.78 Å². The normalized spacial score (nSPS) is 16.5. The number of alkyl halides is 7. The fraction of sp³-hybridized carbons (Fsp3) is 0.229. The number of piperazine rings is 1. The number of benzene rings is 10. The summed E-state index contributed by atoms with van der Waals surface area (Å²) in [5.41, 5.74) is 4.82. The molecule has 1 spiro atoms. The summed E-state index contributed by atoms with van der Waals surface area (Å²) in [4.78, 5) is 68.3. The van der Waals surface area contributed by atoms with Crippen molar-refractivity contribution in [3.05, 3.63) is 358 Å². The number of amides is 3. The standard InChI is InChI=1S/C42H38ClF3N2O2.C41H36F3N3O2/c1-30(43)40(50)48(27-31-22-24-36(25-23-31)42(44,45)46)41(38(49)26-37(32-14-6-2-7-15-32)33-16-8-3-9-17-33)28-47(29-41)39(34-18-10-4-11-19-34)35-20-12-5-13-21-35;1-29-38(48)46(26-30-22-24-35(25-23-30)41(42,43)44)40(27-45(28-40)36(31-14-6-2-7-15-31)32-16-8-3-9-17-32)39(49)47(29)37(33-18-10-4-11-19-33)34-20-12-5-13-21-34/h2-25,30,37,39H,26-29H2,1H3;2-25,29,36-37H,26-28H2,1H3. The molecular weight excluding hydrogens is 1280 g/mol. The van der Waals surface area contributed by atoms with Gasteiger partial charge in [0.05, 0.1) is 29.3 Å². The molecule has 3 aliphatic heterocycles. The van der Waals surface area contributed by atoms with Gasteiger partial charge in [-0.25, -0.2) is 0 Å². The molecule has 0 radical (unpaired) electrons. The number of carbonyl (C=O) groups excluding carboxylic acids is 4. The first-order chi connectivity index (χ1) is 47.7. The first-order valence-corrected chi connectivity index (χ1v) is 33.5. The van der Waals surface area contributed by atoms with Crippen molar-refractivity contribution in [1.82, 2.24) is 24.5 Å². The summed E-state index contributed by atoms with van der Waals surface area (Å²) in [6, 6.07) is 87.0. The lowest BCUT2D eigenvalue weighted by Crippen LogP contribution is -2.82. The molecular formula is C83H74ClF6N5O4. The monoisotopic (exact) mass is 1350 g/mol. The SMILES string of the molecule is CC(Cl)C(=O)N(Cc1ccc(C(F)(F)F)cc1)C1(C(=O)CC(c2ccccc2)c2ccccc2)CN(C(c2ccccc2)c2ccccc2)C1.CC1C(=O)N(Cc2ccc(C(F)(F)F)cc2)C2(CN(C(c3ccccc3)c3ccccc3)C2)C(=O)N1C(c1ccccc1)c1ccccc1. The molecule has 3 fully saturated rings. The van der Waals surface area contributed by atoms with E-state index in [0.29, 0.717) is 11.1 Å². The summed E-state index contributed by atoms with van der Waals surface area (Å²) in [5, 5.41) is -0.971. The Morgan fingerprint density at radius 1 is 0.455 bits per heavy atom. The quantitative estimate of drug-likeness (QED) is 0.0558. The Kier molecular flexibility index (Phi) is 20.7. The Balaban J connectivity index is 0.000000188. The van der Waals surface area contributed by atoms with Crippen LogP contribution in [0.5, 0.6) is 0 Å². The minimum Gasteiger partial charge on any atom is -0.322 e. The molecule has 0 bridgehead atoms. The molecule has 16 heteroatoms.